The van der Waals surface area contributed by atoms with Crippen LogP contribution in [0.15, 0.2) is 48.8 Å². The first-order valence-electron chi connectivity index (χ1n) is 6.25. The van der Waals surface area contributed by atoms with Gasteiger partial charge in [0.2, 0.25) is 0 Å². The van der Waals surface area contributed by atoms with Gasteiger partial charge in [-0.3, -0.25) is 5.10 Å². The molecule has 3 aromatic rings. The SMILES string of the molecule is Fc1ccc(COc2ccccc2-c2ncn[nH]2)c(F)c1. The first-order chi connectivity index (χ1) is 10.2. The van der Waals surface area contributed by atoms with E-state index in [1.54, 1.807) is 12.1 Å². The van der Waals surface area contributed by atoms with E-state index in [1.165, 1.54) is 18.5 Å². The number of nitrogens with zero attached hydrogens (tertiary/aromatic N) is 2. The van der Waals surface area contributed by atoms with Crippen molar-refractivity contribution >= 4 is 0 Å². The molecule has 4 nitrogen and oxygen atoms in total. The van der Waals surface area contributed by atoms with Gasteiger partial charge in [0.1, 0.15) is 30.3 Å². The van der Waals surface area contributed by atoms with Gasteiger partial charge in [-0.1, -0.05) is 12.1 Å². The minimum absolute atomic E-state index is 0.00271. The van der Waals surface area contributed by atoms with Gasteiger partial charge in [-0.05, 0) is 24.3 Å². The lowest BCUT2D eigenvalue weighted by Gasteiger charge is -2.10. The first kappa shape index (κ1) is 13.2. The van der Waals surface area contributed by atoms with Gasteiger partial charge in [0, 0.05) is 11.6 Å². The summed E-state index contributed by atoms with van der Waals surface area (Å²) in [6, 6.07) is 10.6. The van der Waals surface area contributed by atoms with Crippen LogP contribution in [-0.4, -0.2) is 15.2 Å². The third kappa shape index (κ3) is 2.89. The number of aromatic nitrogens is 3. The molecule has 3 rings (SSSR count). The average molecular weight is 287 g/mol. The second-order valence-electron chi connectivity index (χ2n) is 4.35. The Balaban J connectivity index is 1.83. The highest BCUT2D eigenvalue weighted by Gasteiger charge is 2.10. The van der Waals surface area contributed by atoms with Crippen LogP contribution in [-0.2, 0) is 6.61 Å². The minimum atomic E-state index is -0.632. The number of nitrogens with one attached hydrogen (secondary N) is 1. The average Bonchev–Trinajstić information content (AvgIpc) is 3.01. The van der Waals surface area contributed by atoms with E-state index in [0.29, 0.717) is 11.6 Å². The summed E-state index contributed by atoms with van der Waals surface area (Å²) in [6.07, 6.45) is 1.39. The van der Waals surface area contributed by atoms with Crippen LogP contribution in [0.3, 0.4) is 0 Å². The number of ether oxygens (including phenoxy) is 1. The fourth-order valence-electron chi connectivity index (χ4n) is 1.92. The van der Waals surface area contributed by atoms with Gasteiger partial charge in [-0.15, -0.1) is 0 Å². The molecule has 1 N–H and O–H groups in total. The van der Waals surface area contributed by atoms with Crippen molar-refractivity contribution in [2.45, 2.75) is 6.61 Å². The molecular weight excluding hydrogens is 276 g/mol. The van der Waals surface area contributed by atoms with Crippen LogP contribution in [0.2, 0.25) is 0 Å². The molecule has 0 saturated carbocycles. The summed E-state index contributed by atoms with van der Waals surface area (Å²) < 4.78 is 32.1. The Morgan fingerprint density at radius 3 is 2.71 bits per heavy atom. The summed E-state index contributed by atoms with van der Waals surface area (Å²) in [5.74, 6) is -0.145. The Bertz CT molecular complexity index is 744. The van der Waals surface area contributed by atoms with Gasteiger partial charge in [-0.25, -0.2) is 13.8 Å². The molecule has 0 aliphatic rings. The van der Waals surface area contributed by atoms with Crippen LogP contribution in [0, 0.1) is 11.6 Å². The quantitative estimate of drug-likeness (QED) is 0.800. The number of para-hydroxylation sites is 1. The van der Waals surface area contributed by atoms with E-state index in [-0.39, 0.29) is 12.2 Å². The zero-order valence-electron chi connectivity index (χ0n) is 10.9. The number of hydrogen-bond donors (Lipinski definition) is 1. The van der Waals surface area contributed by atoms with Crippen molar-refractivity contribution in [1.29, 1.82) is 0 Å². The van der Waals surface area contributed by atoms with Gasteiger partial charge in [-0.2, -0.15) is 5.10 Å². The lowest BCUT2D eigenvalue weighted by Crippen LogP contribution is -2.00. The summed E-state index contributed by atoms with van der Waals surface area (Å²) in [6.45, 7) is -0.00271. The topological polar surface area (TPSA) is 50.8 Å². The van der Waals surface area contributed by atoms with Crippen molar-refractivity contribution in [2.75, 3.05) is 0 Å². The number of halogens is 2. The number of hydrogen-bond acceptors (Lipinski definition) is 3. The zero-order chi connectivity index (χ0) is 14.7. The maximum absolute atomic E-state index is 13.6. The third-order valence-corrected chi connectivity index (χ3v) is 2.96. The van der Waals surface area contributed by atoms with Crippen LogP contribution in [0.5, 0.6) is 5.75 Å². The molecule has 0 amide bonds. The molecule has 0 fully saturated rings. The lowest BCUT2D eigenvalue weighted by atomic mass is 10.2. The lowest BCUT2D eigenvalue weighted by molar-refractivity contribution is 0.300. The number of rotatable bonds is 4. The normalized spacial score (nSPS) is 10.6. The van der Waals surface area contributed by atoms with Crippen molar-refractivity contribution in [3.8, 4) is 17.1 Å². The standard InChI is InChI=1S/C15H11F2N3O/c16-11-6-5-10(13(17)7-11)8-21-14-4-2-1-3-12(14)15-18-9-19-20-15/h1-7,9H,8H2,(H,18,19,20). The Morgan fingerprint density at radius 1 is 1.10 bits per heavy atom. The van der Waals surface area contributed by atoms with E-state index in [1.807, 2.05) is 12.1 Å². The molecule has 6 heteroatoms. The van der Waals surface area contributed by atoms with Crippen molar-refractivity contribution in [2.24, 2.45) is 0 Å². The number of H-pyrrole nitrogens is 1. The fourth-order valence-corrected chi connectivity index (χ4v) is 1.92. The van der Waals surface area contributed by atoms with Gasteiger partial charge >= 0.3 is 0 Å². The highest BCUT2D eigenvalue weighted by atomic mass is 19.1. The van der Waals surface area contributed by atoms with Crippen LogP contribution < -0.4 is 4.74 Å². The summed E-state index contributed by atoms with van der Waals surface area (Å²) in [5, 5.41) is 6.53. The largest absolute Gasteiger partial charge is 0.488 e. The van der Waals surface area contributed by atoms with E-state index in [9.17, 15) is 8.78 Å². The van der Waals surface area contributed by atoms with Gasteiger partial charge in [0.05, 0.1) is 5.56 Å². The van der Waals surface area contributed by atoms with E-state index in [0.717, 1.165) is 11.6 Å². The second-order valence-corrected chi connectivity index (χ2v) is 4.35. The molecule has 0 unspecified atom stereocenters. The second kappa shape index (κ2) is 5.70. The highest BCUT2D eigenvalue weighted by Crippen LogP contribution is 2.27. The first-order valence-corrected chi connectivity index (χ1v) is 6.25. The predicted octanol–water partition coefficient (Wildman–Crippen LogP) is 3.33. The fraction of sp³-hybridized carbons (Fsp3) is 0.0667. The van der Waals surface area contributed by atoms with Crippen LogP contribution in [0.25, 0.3) is 11.4 Å². The third-order valence-electron chi connectivity index (χ3n) is 2.96. The van der Waals surface area contributed by atoms with E-state index < -0.39 is 11.6 Å². The molecule has 0 saturated heterocycles. The highest BCUT2D eigenvalue weighted by molar-refractivity contribution is 5.63. The summed E-state index contributed by atoms with van der Waals surface area (Å²) in [5.41, 5.74) is 1.00. The molecule has 0 atom stereocenters. The molecule has 106 valence electrons. The molecule has 0 bridgehead atoms. The molecule has 1 aromatic heterocycles. The Labute approximate surface area is 119 Å². The maximum atomic E-state index is 13.6. The Morgan fingerprint density at radius 2 is 1.95 bits per heavy atom. The van der Waals surface area contributed by atoms with Crippen molar-refractivity contribution in [3.63, 3.8) is 0 Å². The van der Waals surface area contributed by atoms with Crippen molar-refractivity contribution in [3.05, 3.63) is 66.0 Å². The van der Waals surface area contributed by atoms with Gasteiger partial charge in [0.15, 0.2) is 5.82 Å². The molecule has 0 aliphatic heterocycles. The van der Waals surface area contributed by atoms with E-state index in [2.05, 4.69) is 15.2 Å². The smallest absolute Gasteiger partial charge is 0.159 e. The molecule has 1 heterocycles. The van der Waals surface area contributed by atoms with Crippen LogP contribution in [0.4, 0.5) is 8.78 Å². The molecule has 2 aromatic carbocycles. The molecular formula is C15H11F2N3O. The minimum Gasteiger partial charge on any atom is -0.488 e. The Kier molecular flexibility index (Phi) is 3.59. The Hall–Kier alpha value is -2.76. The van der Waals surface area contributed by atoms with Crippen molar-refractivity contribution < 1.29 is 13.5 Å². The van der Waals surface area contributed by atoms with Crippen LogP contribution >= 0.6 is 0 Å². The molecule has 0 aliphatic carbocycles. The number of aromatic amines is 1. The number of benzene rings is 2. The maximum Gasteiger partial charge on any atom is 0.159 e. The zero-order valence-corrected chi connectivity index (χ0v) is 10.9. The predicted molar refractivity (Wildman–Crippen MR) is 72.5 cm³/mol. The molecule has 21 heavy (non-hydrogen) atoms. The van der Waals surface area contributed by atoms with Crippen LogP contribution in [0.1, 0.15) is 5.56 Å². The van der Waals surface area contributed by atoms with Gasteiger partial charge in [0.25, 0.3) is 0 Å². The van der Waals surface area contributed by atoms with E-state index >= 15 is 0 Å². The monoisotopic (exact) mass is 287 g/mol. The molecule has 0 radical (unpaired) electrons. The summed E-state index contributed by atoms with van der Waals surface area (Å²) in [7, 11) is 0. The summed E-state index contributed by atoms with van der Waals surface area (Å²) in [4.78, 5) is 4.06. The van der Waals surface area contributed by atoms with Crippen molar-refractivity contribution in [1.82, 2.24) is 15.2 Å². The summed E-state index contributed by atoms with van der Waals surface area (Å²) >= 11 is 0. The van der Waals surface area contributed by atoms with Gasteiger partial charge < -0.3 is 4.74 Å². The van der Waals surface area contributed by atoms with E-state index in [4.69, 9.17) is 4.74 Å². The molecule has 0 spiro atoms.